The van der Waals surface area contributed by atoms with E-state index in [-0.39, 0.29) is 24.3 Å². The molecule has 1 aliphatic rings. The van der Waals surface area contributed by atoms with E-state index in [1.165, 1.54) is 4.90 Å². The van der Waals surface area contributed by atoms with Gasteiger partial charge >= 0.3 is 0 Å². The van der Waals surface area contributed by atoms with E-state index < -0.39 is 0 Å². The maximum Gasteiger partial charge on any atom is 0.241 e. The van der Waals surface area contributed by atoms with Gasteiger partial charge in [-0.1, -0.05) is 12.2 Å². The van der Waals surface area contributed by atoms with Crippen LogP contribution in [0.15, 0.2) is 12.2 Å². The van der Waals surface area contributed by atoms with Crippen LogP contribution in [0.3, 0.4) is 0 Å². The zero-order valence-corrected chi connectivity index (χ0v) is 11.0. The number of hydrogen-bond acceptors (Lipinski definition) is 2. The van der Waals surface area contributed by atoms with E-state index in [4.69, 9.17) is 0 Å². The first-order valence-corrected chi connectivity index (χ1v) is 6.20. The van der Waals surface area contributed by atoms with Gasteiger partial charge in [-0.2, -0.15) is 0 Å². The minimum atomic E-state index is -0.0217. The molecule has 0 spiro atoms. The number of likely N-dealkylation sites (N-methyl/N-ethyl adjacent to an activating group) is 2. The minimum Gasteiger partial charge on any atom is -0.347 e. The molecule has 17 heavy (non-hydrogen) atoms. The third-order valence-corrected chi connectivity index (χ3v) is 3.14. The summed E-state index contributed by atoms with van der Waals surface area (Å²) in [6, 6.07) is 0. The third-order valence-electron chi connectivity index (χ3n) is 3.14. The molecule has 1 rings (SSSR count). The molecular weight excluding hydrogens is 216 g/mol. The van der Waals surface area contributed by atoms with Gasteiger partial charge in [-0.3, -0.25) is 9.59 Å². The highest BCUT2D eigenvalue weighted by Crippen LogP contribution is 2.20. The van der Waals surface area contributed by atoms with Crippen LogP contribution in [0.25, 0.3) is 0 Å². The van der Waals surface area contributed by atoms with Gasteiger partial charge in [0.2, 0.25) is 11.8 Å². The minimum absolute atomic E-state index is 0.0217. The molecule has 0 aliphatic heterocycles. The Hall–Kier alpha value is -1.32. The van der Waals surface area contributed by atoms with E-state index in [0.29, 0.717) is 6.54 Å². The summed E-state index contributed by atoms with van der Waals surface area (Å²) >= 11 is 0. The average Bonchev–Trinajstić information content (AvgIpc) is 2.35. The topological polar surface area (TPSA) is 40.6 Å². The SMILES string of the molecule is CCN(CC(=O)N(C)C)C(=O)C1CC=CCC1. The van der Waals surface area contributed by atoms with Gasteiger partial charge in [0.05, 0.1) is 6.54 Å². The van der Waals surface area contributed by atoms with Crippen molar-refractivity contribution in [3.63, 3.8) is 0 Å². The molecule has 0 aromatic carbocycles. The molecule has 1 atom stereocenters. The molecule has 4 nitrogen and oxygen atoms in total. The van der Waals surface area contributed by atoms with Crippen molar-refractivity contribution in [2.75, 3.05) is 27.2 Å². The Morgan fingerprint density at radius 3 is 2.47 bits per heavy atom. The lowest BCUT2D eigenvalue weighted by molar-refractivity contribution is -0.141. The maximum atomic E-state index is 12.2. The van der Waals surface area contributed by atoms with Crippen LogP contribution in [-0.2, 0) is 9.59 Å². The highest BCUT2D eigenvalue weighted by Gasteiger charge is 2.25. The van der Waals surface area contributed by atoms with Gasteiger partial charge in [0.1, 0.15) is 0 Å². The molecule has 0 N–H and O–H groups in total. The summed E-state index contributed by atoms with van der Waals surface area (Å²) in [5, 5.41) is 0. The number of hydrogen-bond donors (Lipinski definition) is 0. The fraction of sp³-hybridized carbons (Fsp3) is 0.692. The van der Waals surface area contributed by atoms with Crippen molar-refractivity contribution in [1.29, 1.82) is 0 Å². The Bertz CT molecular complexity index is 311. The van der Waals surface area contributed by atoms with Crippen molar-refractivity contribution >= 4 is 11.8 Å². The summed E-state index contributed by atoms with van der Waals surface area (Å²) < 4.78 is 0. The maximum absolute atomic E-state index is 12.2. The molecule has 4 heteroatoms. The smallest absolute Gasteiger partial charge is 0.241 e. The van der Waals surface area contributed by atoms with E-state index in [9.17, 15) is 9.59 Å². The summed E-state index contributed by atoms with van der Waals surface area (Å²) in [5.74, 6) is 0.161. The predicted molar refractivity (Wildman–Crippen MR) is 67.4 cm³/mol. The molecule has 0 aromatic heterocycles. The highest BCUT2D eigenvalue weighted by atomic mass is 16.2. The monoisotopic (exact) mass is 238 g/mol. The van der Waals surface area contributed by atoms with Crippen LogP contribution in [0.1, 0.15) is 26.2 Å². The van der Waals surface area contributed by atoms with E-state index in [0.717, 1.165) is 19.3 Å². The molecule has 96 valence electrons. The van der Waals surface area contributed by atoms with Crippen LogP contribution in [0.5, 0.6) is 0 Å². The highest BCUT2D eigenvalue weighted by molar-refractivity contribution is 5.85. The summed E-state index contributed by atoms with van der Waals surface area (Å²) in [6.07, 6.45) is 6.86. The Morgan fingerprint density at radius 2 is 2.00 bits per heavy atom. The van der Waals surface area contributed by atoms with Crippen molar-refractivity contribution < 1.29 is 9.59 Å². The number of carbonyl (C=O) groups is 2. The molecule has 0 bridgehead atoms. The zero-order chi connectivity index (χ0) is 12.8. The number of carbonyl (C=O) groups excluding carboxylic acids is 2. The van der Waals surface area contributed by atoms with E-state index in [1.807, 2.05) is 6.92 Å². The Morgan fingerprint density at radius 1 is 1.29 bits per heavy atom. The Labute approximate surface area is 103 Å². The first kappa shape index (κ1) is 13.7. The van der Waals surface area contributed by atoms with Crippen molar-refractivity contribution in [2.45, 2.75) is 26.2 Å². The summed E-state index contributed by atoms with van der Waals surface area (Å²) in [7, 11) is 3.42. The van der Waals surface area contributed by atoms with Crippen LogP contribution in [0, 0.1) is 5.92 Å². The van der Waals surface area contributed by atoms with E-state index >= 15 is 0 Å². The fourth-order valence-electron chi connectivity index (χ4n) is 1.93. The van der Waals surface area contributed by atoms with Gasteiger partial charge in [0.15, 0.2) is 0 Å². The lowest BCUT2D eigenvalue weighted by atomic mass is 9.93. The van der Waals surface area contributed by atoms with Crippen molar-refractivity contribution in [1.82, 2.24) is 9.80 Å². The molecule has 0 aromatic rings. The number of rotatable bonds is 4. The standard InChI is InChI=1S/C13H22N2O2/c1-4-15(10-12(16)14(2)3)13(17)11-8-6-5-7-9-11/h5-6,11H,4,7-10H2,1-3H3. The fourth-order valence-corrected chi connectivity index (χ4v) is 1.93. The summed E-state index contributed by atoms with van der Waals surface area (Å²) in [5.41, 5.74) is 0. The molecule has 0 radical (unpaired) electrons. The van der Waals surface area contributed by atoms with E-state index in [2.05, 4.69) is 12.2 Å². The third kappa shape index (κ3) is 3.88. The normalized spacial score (nSPS) is 18.9. The number of allylic oxidation sites excluding steroid dienone is 2. The van der Waals surface area contributed by atoms with Crippen LogP contribution >= 0.6 is 0 Å². The van der Waals surface area contributed by atoms with Crippen LogP contribution < -0.4 is 0 Å². The van der Waals surface area contributed by atoms with Crippen molar-refractivity contribution in [2.24, 2.45) is 5.92 Å². The molecule has 0 heterocycles. The first-order chi connectivity index (χ1) is 8.06. The van der Waals surface area contributed by atoms with Gasteiger partial charge in [-0.15, -0.1) is 0 Å². The summed E-state index contributed by atoms with van der Waals surface area (Å²) in [4.78, 5) is 27.0. The molecule has 2 amide bonds. The lowest BCUT2D eigenvalue weighted by Crippen LogP contribution is -2.43. The Balaban J connectivity index is 2.57. The predicted octanol–water partition coefficient (Wildman–Crippen LogP) is 1.28. The molecule has 1 unspecified atom stereocenters. The number of nitrogens with zero attached hydrogens (tertiary/aromatic N) is 2. The lowest BCUT2D eigenvalue weighted by Gasteiger charge is -2.27. The van der Waals surface area contributed by atoms with Gasteiger partial charge in [-0.25, -0.2) is 0 Å². The largest absolute Gasteiger partial charge is 0.347 e. The van der Waals surface area contributed by atoms with Gasteiger partial charge < -0.3 is 9.80 Å². The molecule has 0 saturated carbocycles. The zero-order valence-electron chi connectivity index (χ0n) is 11.0. The molecule has 1 aliphatic carbocycles. The second kappa shape index (κ2) is 6.42. The number of amides is 2. The quantitative estimate of drug-likeness (QED) is 0.692. The Kier molecular flexibility index (Phi) is 5.19. The van der Waals surface area contributed by atoms with Crippen molar-refractivity contribution in [3.05, 3.63) is 12.2 Å². The van der Waals surface area contributed by atoms with Crippen LogP contribution in [0.4, 0.5) is 0 Å². The van der Waals surface area contributed by atoms with Gasteiger partial charge in [0, 0.05) is 26.6 Å². The molecule has 0 fully saturated rings. The van der Waals surface area contributed by atoms with E-state index in [1.54, 1.807) is 19.0 Å². The average molecular weight is 238 g/mol. The van der Waals surface area contributed by atoms with Crippen LogP contribution in [-0.4, -0.2) is 48.8 Å². The summed E-state index contributed by atoms with van der Waals surface area (Å²) in [6.45, 7) is 2.71. The second-order valence-electron chi connectivity index (χ2n) is 4.62. The van der Waals surface area contributed by atoms with Crippen molar-refractivity contribution in [3.8, 4) is 0 Å². The molecule has 0 saturated heterocycles. The first-order valence-electron chi connectivity index (χ1n) is 6.20. The van der Waals surface area contributed by atoms with Crippen LogP contribution in [0.2, 0.25) is 0 Å². The second-order valence-corrected chi connectivity index (χ2v) is 4.62. The molecular formula is C13H22N2O2. The van der Waals surface area contributed by atoms with Gasteiger partial charge in [0.25, 0.3) is 0 Å². The van der Waals surface area contributed by atoms with Gasteiger partial charge in [-0.05, 0) is 26.2 Å².